The third kappa shape index (κ3) is 4.90. The molecule has 3 atom stereocenters. The summed E-state index contributed by atoms with van der Waals surface area (Å²) in [6.07, 6.45) is -2.30. The fourth-order valence-electron chi connectivity index (χ4n) is 4.72. The maximum atomic E-state index is 12.6. The van der Waals surface area contributed by atoms with Crippen molar-refractivity contribution in [2.45, 2.75) is 37.0 Å². The number of fused-ring (bicyclic) bond motifs is 3. The van der Waals surface area contributed by atoms with Gasteiger partial charge in [0.1, 0.15) is 12.6 Å². The number of hydrogen-bond acceptors (Lipinski definition) is 6. The van der Waals surface area contributed by atoms with Gasteiger partial charge in [0.25, 0.3) is 0 Å². The average Bonchev–Trinajstić information content (AvgIpc) is 3.38. The van der Waals surface area contributed by atoms with Gasteiger partial charge in [-0.3, -0.25) is 4.79 Å². The molecule has 3 N–H and O–H groups in total. The first-order valence-corrected chi connectivity index (χ1v) is 11.2. The molecule has 2 amide bonds. The number of carboxylic acids is 1. The highest BCUT2D eigenvalue weighted by molar-refractivity contribution is 5.85. The lowest BCUT2D eigenvalue weighted by Gasteiger charge is -2.24. The number of nitrogens with one attached hydrogen (secondary N) is 1. The molecule has 180 valence electrons. The number of nitrogens with zero attached hydrogens (tertiary/aromatic N) is 1. The van der Waals surface area contributed by atoms with Gasteiger partial charge in [-0.25, -0.2) is 9.59 Å². The standard InChI is InChI=1S/C25H28N2O7/c1-33-16(11-23(29)27-13-15(28)10-22(27)24(30)31)12-26-25(32)34-14-21-19-8-4-2-6-17(19)18-7-3-5-9-20(18)21/h2-9,15-16,21-22,28H,10-14H2,1H3,(H,26,32)(H,30,31)/t15?,16?,22-/m0/s1. The van der Waals surface area contributed by atoms with Crippen molar-refractivity contribution in [1.29, 1.82) is 0 Å². The first-order chi connectivity index (χ1) is 16.4. The molecule has 2 aliphatic rings. The van der Waals surface area contributed by atoms with Crippen LogP contribution in [0.25, 0.3) is 11.1 Å². The predicted octanol–water partition coefficient (Wildman–Crippen LogP) is 1.98. The van der Waals surface area contributed by atoms with E-state index in [4.69, 9.17) is 9.47 Å². The lowest BCUT2D eigenvalue weighted by atomic mass is 9.98. The quantitative estimate of drug-likeness (QED) is 0.541. The Morgan fingerprint density at radius 3 is 2.29 bits per heavy atom. The first-order valence-electron chi connectivity index (χ1n) is 11.2. The number of rotatable bonds is 8. The summed E-state index contributed by atoms with van der Waals surface area (Å²) in [6.45, 7) is 0.154. The minimum absolute atomic E-state index is 0.00325. The number of aliphatic hydroxyl groups is 1. The molecule has 2 aromatic rings. The SMILES string of the molecule is COC(CNC(=O)OCC1c2ccccc2-c2ccccc21)CC(=O)N1CC(O)C[C@H]1C(=O)O. The zero-order valence-corrected chi connectivity index (χ0v) is 18.8. The van der Waals surface area contributed by atoms with E-state index in [1.54, 1.807) is 0 Å². The van der Waals surface area contributed by atoms with Gasteiger partial charge in [0.15, 0.2) is 0 Å². The van der Waals surface area contributed by atoms with Crippen LogP contribution in [0, 0.1) is 0 Å². The summed E-state index contributed by atoms with van der Waals surface area (Å²) in [7, 11) is 1.41. The highest BCUT2D eigenvalue weighted by Gasteiger charge is 2.39. The maximum absolute atomic E-state index is 12.6. The first kappa shape index (κ1) is 23.7. The Labute approximate surface area is 197 Å². The number of benzene rings is 2. The number of carbonyl (C=O) groups excluding carboxylic acids is 2. The Morgan fingerprint density at radius 1 is 1.09 bits per heavy atom. The Bertz CT molecular complexity index is 1030. The van der Waals surface area contributed by atoms with Gasteiger partial charge in [0, 0.05) is 32.5 Å². The normalized spacial score (nSPS) is 19.9. The molecule has 1 aliphatic heterocycles. The summed E-state index contributed by atoms with van der Waals surface area (Å²) in [5.41, 5.74) is 4.49. The molecular weight excluding hydrogens is 440 g/mol. The van der Waals surface area contributed by atoms with E-state index in [0.717, 1.165) is 27.2 Å². The van der Waals surface area contributed by atoms with Gasteiger partial charge in [-0.1, -0.05) is 48.5 Å². The number of hydrogen-bond donors (Lipinski definition) is 3. The summed E-state index contributed by atoms with van der Waals surface area (Å²) >= 11 is 0. The molecule has 9 heteroatoms. The molecule has 0 saturated carbocycles. The van der Waals surface area contributed by atoms with Gasteiger partial charge in [-0.05, 0) is 22.3 Å². The van der Waals surface area contributed by atoms with Crippen LogP contribution in [0.1, 0.15) is 29.9 Å². The fourth-order valence-corrected chi connectivity index (χ4v) is 4.72. The van der Waals surface area contributed by atoms with Crippen LogP contribution in [-0.2, 0) is 19.1 Å². The predicted molar refractivity (Wildman–Crippen MR) is 122 cm³/mol. The van der Waals surface area contributed by atoms with E-state index in [1.165, 1.54) is 7.11 Å². The van der Waals surface area contributed by atoms with E-state index in [0.29, 0.717) is 0 Å². The minimum atomic E-state index is -1.16. The summed E-state index contributed by atoms with van der Waals surface area (Å²) in [5.74, 6) is -1.67. The number of carbonyl (C=O) groups is 3. The number of methoxy groups -OCH3 is 1. The number of aliphatic carboxylic acids is 1. The Balaban J connectivity index is 1.30. The molecule has 4 rings (SSSR count). The van der Waals surface area contributed by atoms with Crippen molar-refractivity contribution in [1.82, 2.24) is 10.2 Å². The van der Waals surface area contributed by atoms with Gasteiger partial charge >= 0.3 is 12.1 Å². The van der Waals surface area contributed by atoms with Crippen LogP contribution in [0.2, 0.25) is 0 Å². The number of aliphatic hydroxyl groups excluding tert-OH is 1. The van der Waals surface area contributed by atoms with Crippen LogP contribution >= 0.6 is 0 Å². The highest BCUT2D eigenvalue weighted by Crippen LogP contribution is 2.44. The molecule has 1 saturated heterocycles. The maximum Gasteiger partial charge on any atom is 0.407 e. The molecule has 34 heavy (non-hydrogen) atoms. The molecule has 1 aliphatic carbocycles. The second-order valence-electron chi connectivity index (χ2n) is 8.56. The summed E-state index contributed by atoms with van der Waals surface area (Å²) < 4.78 is 10.8. The van der Waals surface area contributed by atoms with Crippen molar-refractivity contribution in [3.63, 3.8) is 0 Å². The third-order valence-corrected chi connectivity index (χ3v) is 6.44. The van der Waals surface area contributed by atoms with Gasteiger partial charge in [-0.2, -0.15) is 0 Å². The molecule has 0 spiro atoms. The lowest BCUT2D eigenvalue weighted by Crippen LogP contribution is -2.43. The second kappa shape index (κ2) is 10.2. The Morgan fingerprint density at radius 2 is 1.71 bits per heavy atom. The van der Waals surface area contributed by atoms with Crippen molar-refractivity contribution in [3.8, 4) is 11.1 Å². The molecule has 9 nitrogen and oxygen atoms in total. The third-order valence-electron chi connectivity index (χ3n) is 6.44. The van der Waals surface area contributed by atoms with Gasteiger partial charge in [0.05, 0.1) is 18.6 Å². The summed E-state index contributed by atoms with van der Waals surface area (Å²) in [6, 6.07) is 15.0. The van der Waals surface area contributed by atoms with Gasteiger partial charge < -0.3 is 29.9 Å². The van der Waals surface area contributed by atoms with Crippen molar-refractivity contribution in [2.24, 2.45) is 0 Å². The Hall–Kier alpha value is -3.43. The topological polar surface area (TPSA) is 125 Å². The number of alkyl carbamates (subject to hydrolysis) is 1. The number of β-amino-alcohol motifs (C(OH)–C–C–N with tert-alkyl or cyclic N) is 1. The van der Waals surface area contributed by atoms with E-state index < -0.39 is 36.2 Å². The number of ether oxygens (including phenoxy) is 2. The molecule has 2 unspecified atom stereocenters. The van der Waals surface area contributed by atoms with Crippen molar-refractivity contribution < 1.29 is 34.1 Å². The van der Waals surface area contributed by atoms with E-state index >= 15 is 0 Å². The van der Waals surface area contributed by atoms with Crippen LogP contribution in [-0.4, -0.2) is 78.1 Å². The molecule has 0 radical (unpaired) electrons. The molecule has 1 heterocycles. The van der Waals surface area contributed by atoms with Gasteiger partial charge in [-0.15, -0.1) is 0 Å². The smallest absolute Gasteiger partial charge is 0.407 e. The largest absolute Gasteiger partial charge is 0.480 e. The second-order valence-corrected chi connectivity index (χ2v) is 8.56. The minimum Gasteiger partial charge on any atom is -0.480 e. The molecule has 1 fully saturated rings. The number of likely N-dealkylation sites (tertiary alicyclic amines) is 1. The van der Waals surface area contributed by atoms with Crippen molar-refractivity contribution in [2.75, 3.05) is 26.8 Å². The Kier molecular flexibility index (Phi) is 7.14. The van der Waals surface area contributed by atoms with Crippen LogP contribution in [0.3, 0.4) is 0 Å². The fraction of sp³-hybridized carbons (Fsp3) is 0.400. The van der Waals surface area contributed by atoms with Crippen molar-refractivity contribution in [3.05, 3.63) is 59.7 Å². The lowest BCUT2D eigenvalue weighted by molar-refractivity contribution is -0.149. The molecular formula is C25H28N2O7. The van der Waals surface area contributed by atoms with Crippen molar-refractivity contribution >= 4 is 18.0 Å². The molecule has 2 aromatic carbocycles. The van der Waals surface area contributed by atoms with Crippen LogP contribution in [0.4, 0.5) is 4.79 Å². The molecule has 0 aromatic heterocycles. The van der Waals surface area contributed by atoms with Gasteiger partial charge in [0.2, 0.25) is 5.91 Å². The number of carboxylic acid groups (broad SMARTS) is 1. The van der Waals surface area contributed by atoms with Crippen LogP contribution in [0.5, 0.6) is 0 Å². The van der Waals surface area contributed by atoms with E-state index in [2.05, 4.69) is 17.4 Å². The van der Waals surface area contributed by atoms with E-state index in [1.807, 2.05) is 36.4 Å². The van der Waals surface area contributed by atoms with Crippen LogP contribution in [0.15, 0.2) is 48.5 Å². The van der Waals surface area contributed by atoms with E-state index in [-0.39, 0.29) is 38.5 Å². The summed E-state index contributed by atoms with van der Waals surface area (Å²) in [4.78, 5) is 37.5. The monoisotopic (exact) mass is 468 g/mol. The van der Waals surface area contributed by atoms with Crippen LogP contribution < -0.4 is 5.32 Å². The zero-order valence-electron chi connectivity index (χ0n) is 18.8. The molecule has 0 bridgehead atoms. The average molecular weight is 469 g/mol. The summed E-state index contributed by atoms with van der Waals surface area (Å²) in [5, 5.41) is 21.6. The number of amides is 2. The zero-order chi connectivity index (χ0) is 24.2. The van der Waals surface area contributed by atoms with E-state index in [9.17, 15) is 24.6 Å². The highest BCUT2D eigenvalue weighted by atomic mass is 16.5.